The van der Waals surface area contributed by atoms with Gasteiger partial charge in [0.1, 0.15) is 12.4 Å². The fourth-order valence-corrected chi connectivity index (χ4v) is 2.44. The Labute approximate surface area is 101 Å². The molecule has 0 saturated carbocycles. The number of H-pyrrole nitrogens is 1. The number of benzene rings is 1. The van der Waals surface area contributed by atoms with E-state index in [2.05, 4.69) is 35.4 Å². The van der Waals surface area contributed by atoms with Gasteiger partial charge in [-0.3, -0.25) is 0 Å². The van der Waals surface area contributed by atoms with Crippen molar-refractivity contribution < 1.29 is 4.74 Å². The van der Waals surface area contributed by atoms with Gasteiger partial charge in [0, 0.05) is 22.6 Å². The van der Waals surface area contributed by atoms with E-state index in [1.54, 1.807) is 0 Å². The van der Waals surface area contributed by atoms with Crippen molar-refractivity contribution >= 4 is 10.9 Å². The number of rotatable bonds is 3. The van der Waals surface area contributed by atoms with Crippen LogP contribution in [0.4, 0.5) is 0 Å². The van der Waals surface area contributed by atoms with Crippen molar-refractivity contribution in [2.45, 2.75) is 25.8 Å². The van der Waals surface area contributed by atoms with Crippen molar-refractivity contribution in [3.8, 4) is 5.75 Å². The van der Waals surface area contributed by atoms with E-state index in [1.165, 1.54) is 29.4 Å². The van der Waals surface area contributed by atoms with Crippen molar-refractivity contribution in [3.63, 3.8) is 0 Å². The highest BCUT2D eigenvalue weighted by Gasteiger charge is 2.14. The van der Waals surface area contributed by atoms with Gasteiger partial charge in [-0.1, -0.05) is 0 Å². The lowest BCUT2D eigenvalue weighted by Gasteiger charge is -2.11. The summed E-state index contributed by atoms with van der Waals surface area (Å²) < 4.78 is 5.83. The highest BCUT2D eigenvalue weighted by Crippen LogP contribution is 2.21. The summed E-state index contributed by atoms with van der Waals surface area (Å²) in [6.07, 6.45) is 2.50. The van der Waals surface area contributed by atoms with Crippen LogP contribution in [0.3, 0.4) is 0 Å². The minimum atomic E-state index is 0.527. The lowest BCUT2D eigenvalue weighted by atomic mass is 10.2. The Balaban J connectivity index is 1.71. The average Bonchev–Trinajstić information content (AvgIpc) is 2.92. The van der Waals surface area contributed by atoms with Gasteiger partial charge in [-0.25, -0.2) is 0 Å². The number of nitrogens with one attached hydrogen (secondary N) is 2. The Kier molecular flexibility index (Phi) is 2.77. The molecular formula is C14H18N2O. The molecule has 1 aromatic heterocycles. The van der Waals surface area contributed by atoms with Crippen molar-refractivity contribution in [2.24, 2.45) is 0 Å². The van der Waals surface area contributed by atoms with Crippen LogP contribution in [0.1, 0.15) is 18.5 Å². The summed E-state index contributed by atoms with van der Waals surface area (Å²) in [7, 11) is 0. The number of aromatic nitrogens is 1. The molecule has 0 amide bonds. The van der Waals surface area contributed by atoms with E-state index in [0.29, 0.717) is 6.04 Å². The van der Waals surface area contributed by atoms with Gasteiger partial charge in [-0.2, -0.15) is 0 Å². The van der Waals surface area contributed by atoms with Crippen LogP contribution in [0, 0.1) is 6.92 Å². The maximum absolute atomic E-state index is 5.83. The van der Waals surface area contributed by atoms with Crippen molar-refractivity contribution in [2.75, 3.05) is 13.2 Å². The third kappa shape index (κ3) is 2.29. The second kappa shape index (κ2) is 4.41. The molecule has 1 aliphatic rings. The van der Waals surface area contributed by atoms with Crippen LogP contribution in [0.25, 0.3) is 10.9 Å². The third-order valence-electron chi connectivity index (χ3n) is 3.34. The maximum atomic E-state index is 5.83. The van der Waals surface area contributed by atoms with Gasteiger partial charge in [0.05, 0.1) is 0 Å². The van der Waals surface area contributed by atoms with Crippen LogP contribution >= 0.6 is 0 Å². The molecule has 90 valence electrons. The SMILES string of the molecule is Cc1cc2cc(OCC3CCCN3)ccc2[nH]1. The predicted molar refractivity (Wildman–Crippen MR) is 69.6 cm³/mol. The molecule has 3 rings (SSSR count). The van der Waals surface area contributed by atoms with Gasteiger partial charge in [-0.15, -0.1) is 0 Å². The van der Waals surface area contributed by atoms with E-state index in [1.807, 2.05) is 6.07 Å². The van der Waals surface area contributed by atoms with Crippen LogP contribution in [0.15, 0.2) is 24.3 Å². The van der Waals surface area contributed by atoms with Crippen LogP contribution < -0.4 is 10.1 Å². The summed E-state index contributed by atoms with van der Waals surface area (Å²) in [5, 5.41) is 4.66. The molecule has 0 radical (unpaired) electrons. The standard InChI is InChI=1S/C14H18N2O/c1-10-7-11-8-13(4-5-14(11)16-10)17-9-12-3-2-6-15-12/h4-5,7-8,12,15-16H,2-3,6,9H2,1H3. The van der Waals surface area contributed by atoms with E-state index in [4.69, 9.17) is 4.74 Å². The molecule has 3 heteroatoms. The Morgan fingerprint density at radius 3 is 3.12 bits per heavy atom. The molecule has 0 aliphatic carbocycles. The molecule has 1 atom stereocenters. The fraction of sp³-hybridized carbons (Fsp3) is 0.429. The Morgan fingerprint density at radius 2 is 2.29 bits per heavy atom. The van der Waals surface area contributed by atoms with Gasteiger partial charge in [0.15, 0.2) is 0 Å². The molecule has 0 spiro atoms. The second-order valence-corrected chi connectivity index (χ2v) is 4.81. The maximum Gasteiger partial charge on any atom is 0.120 e. The van der Waals surface area contributed by atoms with Gasteiger partial charge in [-0.05, 0) is 50.6 Å². The van der Waals surface area contributed by atoms with E-state index in [-0.39, 0.29) is 0 Å². The predicted octanol–water partition coefficient (Wildman–Crippen LogP) is 2.61. The minimum Gasteiger partial charge on any atom is -0.492 e. The van der Waals surface area contributed by atoms with Crippen LogP contribution in [0.2, 0.25) is 0 Å². The fourth-order valence-electron chi connectivity index (χ4n) is 2.44. The van der Waals surface area contributed by atoms with Crippen molar-refractivity contribution in [1.82, 2.24) is 10.3 Å². The first-order chi connectivity index (χ1) is 8.31. The quantitative estimate of drug-likeness (QED) is 0.850. The number of aromatic amines is 1. The lowest BCUT2D eigenvalue weighted by Crippen LogP contribution is -2.28. The van der Waals surface area contributed by atoms with E-state index < -0.39 is 0 Å². The normalized spacial score (nSPS) is 19.9. The molecule has 2 N–H and O–H groups in total. The molecule has 0 bridgehead atoms. The molecule has 1 unspecified atom stereocenters. The Morgan fingerprint density at radius 1 is 1.35 bits per heavy atom. The minimum absolute atomic E-state index is 0.527. The van der Waals surface area contributed by atoms with E-state index in [9.17, 15) is 0 Å². The zero-order valence-electron chi connectivity index (χ0n) is 10.1. The summed E-state index contributed by atoms with van der Waals surface area (Å²) in [5.41, 5.74) is 2.36. The summed E-state index contributed by atoms with van der Waals surface area (Å²) in [4.78, 5) is 3.31. The number of ether oxygens (including phenoxy) is 1. The molecule has 1 aromatic carbocycles. The highest BCUT2D eigenvalue weighted by atomic mass is 16.5. The average molecular weight is 230 g/mol. The van der Waals surface area contributed by atoms with E-state index in [0.717, 1.165) is 18.9 Å². The topological polar surface area (TPSA) is 37.0 Å². The summed E-state index contributed by atoms with van der Waals surface area (Å²) >= 11 is 0. The van der Waals surface area contributed by atoms with Gasteiger partial charge < -0.3 is 15.0 Å². The molecule has 1 aliphatic heterocycles. The smallest absolute Gasteiger partial charge is 0.120 e. The Bertz CT molecular complexity index is 512. The number of hydrogen-bond acceptors (Lipinski definition) is 2. The van der Waals surface area contributed by atoms with E-state index >= 15 is 0 Å². The van der Waals surface area contributed by atoms with Crippen LogP contribution in [-0.2, 0) is 0 Å². The summed E-state index contributed by atoms with van der Waals surface area (Å²) in [6, 6.07) is 8.90. The first-order valence-corrected chi connectivity index (χ1v) is 6.27. The van der Waals surface area contributed by atoms with Gasteiger partial charge >= 0.3 is 0 Å². The van der Waals surface area contributed by atoms with Crippen molar-refractivity contribution in [1.29, 1.82) is 0 Å². The Hall–Kier alpha value is -1.48. The third-order valence-corrected chi connectivity index (χ3v) is 3.34. The number of fused-ring (bicyclic) bond motifs is 1. The van der Waals surface area contributed by atoms with Gasteiger partial charge in [0.2, 0.25) is 0 Å². The lowest BCUT2D eigenvalue weighted by molar-refractivity contribution is 0.277. The van der Waals surface area contributed by atoms with Crippen molar-refractivity contribution in [3.05, 3.63) is 30.0 Å². The molecule has 17 heavy (non-hydrogen) atoms. The first-order valence-electron chi connectivity index (χ1n) is 6.27. The molecular weight excluding hydrogens is 212 g/mol. The zero-order chi connectivity index (χ0) is 11.7. The second-order valence-electron chi connectivity index (χ2n) is 4.81. The summed E-state index contributed by atoms with van der Waals surface area (Å²) in [6.45, 7) is 3.97. The highest BCUT2D eigenvalue weighted by molar-refractivity contribution is 5.81. The molecule has 1 saturated heterocycles. The molecule has 2 heterocycles. The number of aryl methyl sites for hydroxylation is 1. The number of hydrogen-bond donors (Lipinski definition) is 2. The first kappa shape index (κ1) is 10.7. The zero-order valence-corrected chi connectivity index (χ0v) is 10.1. The monoisotopic (exact) mass is 230 g/mol. The largest absolute Gasteiger partial charge is 0.492 e. The van der Waals surface area contributed by atoms with Gasteiger partial charge in [0.25, 0.3) is 0 Å². The summed E-state index contributed by atoms with van der Waals surface area (Å²) in [5.74, 6) is 0.963. The van der Waals surface area contributed by atoms with Crippen LogP contribution in [-0.4, -0.2) is 24.2 Å². The van der Waals surface area contributed by atoms with Crippen LogP contribution in [0.5, 0.6) is 5.75 Å². The molecule has 2 aromatic rings. The molecule has 1 fully saturated rings. The molecule has 3 nitrogen and oxygen atoms in total.